The van der Waals surface area contributed by atoms with Crippen LogP contribution in [0.15, 0.2) is 47.5 Å². The summed E-state index contributed by atoms with van der Waals surface area (Å²) in [6.07, 6.45) is 8.49. The van der Waals surface area contributed by atoms with Crippen molar-refractivity contribution >= 4 is 17.3 Å². The molecule has 106 valence electrons. The molecule has 0 aromatic carbocycles. The molecule has 1 atom stereocenters. The van der Waals surface area contributed by atoms with Crippen molar-refractivity contribution in [3.63, 3.8) is 0 Å². The largest absolute Gasteiger partial charge is 0.497 e. The van der Waals surface area contributed by atoms with Gasteiger partial charge in [0.05, 0.1) is 12.1 Å². The first-order valence-corrected chi connectivity index (χ1v) is 6.59. The van der Waals surface area contributed by atoms with E-state index in [1.165, 1.54) is 0 Å². The van der Waals surface area contributed by atoms with E-state index in [0.717, 1.165) is 12.1 Å². The number of rotatable bonds is 8. The van der Waals surface area contributed by atoms with Gasteiger partial charge in [0.25, 0.3) is 0 Å². The van der Waals surface area contributed by atoms with Crippen molar-refractivity contribution in [2.75, 3.05) is 7.11 Å². The molecule has 0 spiro atoms. The number of methoxy groups -OCH3 is 1. The number of halogens is 1. The molecule has 19 heavy (non-hydrogen) atoms. The average Bonchev–Trinajstić information content (AvgIpc) is 2.40. The highest BCUT2D eigenvalue weighted by molar-refractivity contribution is 6.42. The van der Waals surface area contributed by atoms with Gasteiger partial charge in [-0.3, -0.25) is 0 Å². The topological polar surface area (TPSA) is 45.1 Å². The molecule has 4 heteroatoms. The van der Waals surface area contributed by atoms with Crippen LogP contribution in [0, 0.1) is 11.3 Å². The Morgan fingerprint density at radius 2 is 2.16 bits per heavy atom. The summed E-state index contributed by atoms with van der Waals surface area (Å²) in [5.41, 5.74) is 1.12. The predicted octanol–water partition coefficient (Wildman–Crippen LogP) is 4.34. The molecule has 0 bridgehead atoms. The molecule has 0 fully saturated rings. The summed E-state index contributed by atoms with van der Waals surface area (Å²) in [6, 6.07) is 0. The molecule has 0 aromatic heterocycles. The second-order valence-corrected chi connectivity index (χ2v) is 4.68. The Labute approximate surface area is 121 Å². The normalized spacial score (nSPS) is 14.4. The number of hydrogen-bond donors (Lipinski definition) is 2. The molecule has 0 aliphatic rings. The highest BCUT2D eigenvalue weighted by Gasteiger charge is 1.98. The predicted molar refractivity (Wildman–Crippen MR) is 83.3 cm³/mol. The molecule has 0 aliphatic carbocycles. The minimum Gasteiger partial charge on any atom is -0.497 e. The Bertz CT molecular complexity index is 408. The zero-order valence-electron chi connectivity index (χ0n) is 12.1. The molecular formula is C15H23ClN2O. The number of nitrogens with one attached hydrogen (secondary N) is 2. The average molecular weight is 283 g/mol. The Hall–Kier alpha value is -1.48. The zero-order valence-corrected chi connectivity index (χ0v) is 12.8. The van der Waals surface area contributed by atoms with E-state index in [1.807, 2.05) is 6.08 Å². The van der Waals surface area contributed by atoms with E-state index in [9.17, 15) is 0 Å². The molecule has 0 amide bonds. The fourth-order valence-electron chi connectivity index (χ4n) is 1.03. The van der Waals surface area contributed by atoms with E-state index < -0.39 is 0 Å². The maximum atomic E-state index is 7.40. The van der Waals surface area contributed by atoms with Crippen LogP contribution in [0.25, 0.3) is 0 Å². The van der Waals surface area contributed by atoms with Crippen molar-refractivity contribution < 1.29 is 4.74 Å². The fourth-order valence-corrected chi connectivity index (χ4v) is 1.08. The minimum atomic E-state index is 0.310. The lowest BCUT2D eigenvalue weighted by Crippen LogP contribution is -2.06. The third-order valence-electron chi connectivity index (χ3n) is 2.55. The SMILES string of the molecule is C=C(/C=C(\C=C/C(C)CC)N/C=C(/Cl)C(C)=N)OC. The molecule has 0 heterocycles. The molecule has 1 unspecified atom stereocenters. The summed E-state index contributed by atoms with van der Waals surface area (Å²) in [7, 11) is 1.57. The van der Waals surface area contributed by atoms with Gasteiger partial charge in [0, 0.05) is 23.7 Å². The fraction of sp³-hybridized carbons (Fsp3) is 0.400. The van der Waals surface area contributed by atoms with Crippen molar-refractivity contribution in [1.82, 2.24) is 5.32 Å². The van der Waals surface area contributed by atoms with Gasteiger partial charge in [-0.05, 0) is 18.9 Å². The van der Waals surface area contributed by atoms with Gasteiger partial charge in [-0.15, -0.1) is 0 Å². The van der Waals surface area contributed by atoms with Gasteiger partial charge >= 0.3 is 0 Å². The van der Waals surface area contributed by atoms with Gasteiger partial charge in [0.2, 0.25) is 0 Å². The zero-order chi connectivity index (χ0) is 14.8. The van der Waals surface area contributed by atoms with E-state index >= 15 is 0 Å². The van der Waals surface area contributed by atoms with Crippen molar-refractivity contribution in [1.29, 1.82) is 5.41 Å². The monoisotopic (exact) mass is 282 g/mol. The number of allylic oxidation sites excluding steroid dienone is 4. The van der Waals surface area contributed by atoms with Crippen LogP contribution in [-0.4, -0.2) is 12.8 Å². The van der Waals surface area contributed by atoms with Gasteiger partial charge in [-0.25, -0.2) is 0 Å². The molecule has 0 aromatic rings. The van der Waals surface area contributed by atoms with Crippen LogP contribution in [0.1, 0.15) is 27.2 Å². The second kappa shape index (κ2) is 9.45. The molecular weight excluding hydrogens is 260 g/mol. The Morgan fingerprint density at radius 1 is 1.53 bits per heavy atom. The lowest BCUT2D eigenvalue weighted by atomic mass is 10.1. The van der Waals surface area contributed by atoms with Gasteiger partial charge < -0.3 is 15.5 Å². The first-order valence-electron chi connectivity index (χ1n) is 6.21. The third-order valence-corrected chi connectivity index (χ3v) is 2.94. The number of ether oxygens (including phenoxy) is 1. The van der Waals surface area contributed by atoms with Gasteiger partial charge in [-0.1, -0.05) is 44.5 Å². The van der Waals surface area contributed by atoms with E-state index in [4.69, 9.17) is 21.7 Å². The lowest BCUT2D eigenvalue weighted by Gasteiger charge is -2.06. The maximum Gasteiger partial charge on any atom is 0.113 e. The van der Waals surface area contributed by atoms with Crippen LogP contribution in [0.2, 0.25) is 0 Å². The van der Waals surface area contributed by atoms with E-state index in [-0.39, 0.29) is 0 Å². The molecule has 0 saturated carbocycles. The van der Waals surface area contributed by atoms with Crippen molar-refractivity contribution in [3.8, 4) is 0 Å². The molecule has 0 radical (unpaired) electrons. The van der Waals surface area contributed by atoms with Crippen LogP contribution in [-0.2, 0) is 4.74 Å². The maximum absolute atomic E-state index is 7.40. The second-order valence-electron chi connectivity index (χ2n) is 4.28. The summed E-state index contributed by atoms with van der Waals surface area (Å²) >= 11 is 5.89. The van der Waals surface area contributed by atoms with E-state index in [1.54, 1.807) is 26.3 Å². The van der Waals surface area contributed by atoms with Gasteiger partial charge in [-0.2, -0.15) is 0 Å². The molecule has 3 nitrogen and oxygen atoms in total. The summed E-state index contributed by atoms with van der Waals surface area (Å²) < 4.78 is 5.03. The van der Waals surface area contributed by atoms with Crippen LogP contribution < -0.4 is 5.32 Å². The Balaban J connectivity index is 4.93. The molecule has 0 rings (SSSR count). The van der Waals surface area contributed by atoms with E-state index in [2.05, 4.69) is 31.8 Å². The minimum absolute atomic E-state index is 0.310. The lowest BCUT2D eigenvalue weighted by molar-refractivity contribution is 0.308. The van der Waals surface area contributed by atoms with Crippen molar-refractivity contribution in [2.24, 2.45) is 5.92 Å². The summed E-state index contributed by atoms with van der Waals surface area (Å²) in [5, 5.41) is 10.8. The Kier molecular flexibility index (Phi) is 8.71. The van der Waals surface area contributed by atoms with Crippen LogP contribution in [0.4, 0.5) is 0 Å². The highest BCUT2D eigenvalue weighted by Crippen LogP contribution is 2.08. The van der Waals surface area contributed by atoms with Crippen LogP contribution in [0.3, 0.4) is 0 Å². The van der Waals surface area contributed by atoms with Crippen LogP contribution in [0.5, 0.6) is 0 Å². The van der Waals surface area contributed by atoms with Crippen molar-refractivity contribution in [2.45, 2.75) is 27.2 Å². The smallest absolute Gasteiger partial charge is 0.113 e. The highest BCUT2D eigenvalue weighted by atomic mass is 35.5. The first-order chi connectivity index (χ1) is 8.90. The van der Waals surface area contributed by atoms with Gasteiger partial charge in [0.1, 0.15) is 5.76 Å². The van der Waals surface area contributed by atoms with E-state index in [0.29, 0.717) is 22.4 Å². The summed E-state index contributed by atoms with van der Waals surface area (Å²) in [6.45, 7) is 9.66. The van der Waals surface area contributed by atoms with Gasteiger partial charge in [0.15, 0.2) is 0 Å². The molecule has 0 aliphatic heterocycles. The van der Waals surface area contributed by atoms with Crippen molar-refractivity contribution in [3.05, 3.63) is 47.5 Å². The quantitative estimate of drug-likeness (QED) is 0.395. The Morgan fingerprint density at radius 3 is 2.63 bits per heavy atom. The summed E-state index contributed by atoms with van der Waals surface area (Å²) in [4.78, 5) is 0. The standard InChI is InChI=1S/C15H23ClN2O/c1-6-11(2)7-8-14(9-12(3)19-5)18-10-15(16)13(4)17/h7-11,17-18H,3,6H2,1-2,4-5H3/b8-7-,14-9+,15-10+,17-13?. The molecule has 2 N–H and O–H groups in total. The number of hydrogen-bond acceptors (Lipinski definition) is 3. The first kappa shape index (κ1) is 17.5. The molecule has 0 saturated heterocycles. The third kappa shape index (κ3) is 8.27. The van der Waals surface area contributed by atoms with Crippen LogP contribution >= 0.6 is 11.6 Å². The summed E-state index contributed by atoms with van der Waals surface area (Å²) in [5.74, 6) is 1.04.